The molecule has 0 aromatic carbocycles. The molecule has 0 aliphatic carbocycles. The van der Waals surface area contributed by atoms with Gasteiger partial charge in [0.1, 0.15) is 0 Å². The summed E-state index contributed by atoms with van der Waals surface area (Å²) in [6.45, 7) is 3.98. The Balaban J connectivity index is 1.95. The molecular formula is C12H14F3N7O. The van der Waals surface area contributed by atoms with Gasteiger partial charge in [0.25, 0.3) is 17.5 Å². The fraction of sp³-hybridized carbons (Fsp3) is 0.583. The number of nitrogens with zero attached hydrogens (tertiary/aromatic N) is 7. The minimum Gasteiger partial charge on any atom is -0.335 e. The number of carbonyl (C=O) groups excluding carboxylic acids is 1. The molecule has 3 heterocycles. The van der Waals surface area contributed by atoms with E-state index in [4.69, 9.17) is 0 Å². The van der Waals surface area contributed by atoms with E-state index < -0.39 is 12.0 Å². The molecule has 2 aromatic heterocycles. The summed E-state index contributed by atoms with van der Waals surface area (Å²) in [6.07, 6.45) is -4.68. The van der Waals surface area contributed by atoms with Crippen LogP contribution < -0.4 is 0 Å². The van der Waals surface area contributed by atoms with Gasteiger partial charge in [-0.15, -0.1) is 15.3 Å². The van der Waals surface area contributed by atoms with E-state index in [0.29, 0.717) is 13.1 Å². The first-order valence-corrected chi connectivity index (χ1v) is 6.92. The molecule has 0 unspecified atom stereocenters. The van der Waals surface area contributed by atoms with E-state index in [0.717, 1.165) is 17.6 Å². The third kappa shape index (κ3) is 2.83. The summed E-state index contributed by atoms with van der Waals surface area (Å²) in [6, 6.07) is 0. The standard InChI is InChI=1S/C12H14F3N7O/c1-7-8(9(23)21-5-3-20(2)4-6-21)17-18-11-16-10(12(13,14)15)19-22(7)11/h3-6H2,1-2H3. The van der Waals surface area contributed by atoms with Gasteiger partial charge >= 0.3 is 6.18 Å². The quantitative estimate of drug-likeness (QED) is 0.745. The van der Waals surface area contributed by atoms with Crippen LogP contribution in [0.2, 0.25) is 0 Å². The van der Waals surface area contributed by atoms with Gasteiger partial charge in [-0.3, -0.25) is 4.79 Å². The number of aryl methyl sites for hydroxylation is 1. The van der Waals surface area contributed by atoms with Crippen molar-refractivity contribution in [3.8, 4) is 0 Å². The smallest absolute Gasteiger partial charge is 0.335 e. The molecule has 0 radical (unpaired) electrons. The van der Waals surface area contributed by atoms with E-state index in [-0.39, 0.29) is 23.1 Å². The Morgan fingerprint density at radius 3 is 2.39 bits per heavy atom. The average molecular weight is 329 g/mol. The van der Waals surface area contributed by atoms with Gasteiger partial charge in [-0.1, -0.05) is 0 Å². The maximum Gasteiger partial charge on any atom is 0.453 e. The lowest BCUT2D eigenvalue weighted by Gasteiger charge is -2.32. The number of alkyl halides is 3. The zero-order valence-corrected chi connectivity index (χ0v) is 12.5. The van der Waals surface area contributed by atoms with E-state index in [1.165, 1.54) is 6.92 Å². The van der Waals surface area contributed by atoms with Crippen molar-refractivity contribution in [1.82, 2.24) is 34.6 Å². The van der Waals surface area contributed by atoms with Crippen molar-refractivity contribution < 1.29 is 18.0 Å². The number of aromatic nitrogens is 5. The number of piperazine rings is 1. The van der Waals surface area contributed by atoms with Crippen molar-refractivity contribution in [2.24, 2.45) is 0 Å². The second-order valence-electron chi connectivity index (χ2n) is 5.37. The Hall–Kier alpha value is -2.30. The number of amides is 1. The van der Waals surface area contributed by atoms with Crippen molar-refractivity contribution in [3.05, 3.63) is 17.2 Å². The summed E-state index contributed by atoms with van der Waals surface area (Å²) in [7, 11) is 1.95. The van der Waals surface area contributed by atoms with Gasteiger partial charge in [-0.2, -0.15) is 22.7 Å². The normalized spacial score (nSPS) is 17.0. The van der Waals surface area contributed by atoms with Crippen molar-refractivity contribution in [1.29, 1.82) is 0 Å². The summed E-state index contributed by atoms with van der Waals surface area (Å²) in [5, 5.41) is 10.7. The van der Waals surface area contributed by atoms with Crippen LogP contribution >= 0.6 is 0 Å². The van der Waals surface area contributed by atoms with Gasteiger partial charge in [0.15, 0.2) is 5.69 Å². The fourth-order valence-corrected chi connectivity index (χ4v) is 2.34. The SMILES string of the molecule is Cc1c(C(=O)N2CCN(C)CC2)nnc2nc(C(F)(F)F)nn12. The second-order valence-corrected chi connectivity index (χ2v) is 5.37. The van der Waals surface area contributed by atoms with Gasteiger partial charge in [0, 0.05) is 26.2 Å². The minimum atomic E-state index is -4.68. The highest BCUT2D eigenvalue weighted by molar-refractivity contribution is 5.93. The summed E-state index contributed by atoms with van der Waals surface area (Å²) < 4.78 is 38.9. The predicted molar refractivity (Wildman–Crippen MR) is 71.7 cm³/mol. The fourth-order valence-electron chi connectivity index (χ4n) is 2.34. The highest BCUT2D eigenvalue weighted by Gasteiger charge is 2.37. The number of hydrogen-bond acceptors (Lipinski definition) is 6. The Morgan fingerprint density at radius 2 is 1.78 bits per heavy atom. The zero-order chi connectivity index (χ0) is 16.8. The third-order valence-corrected chi connectivity index (χ3v) is 3.74. The van der Waals surface area contributed by atoms with E-state index in [1.807, 2.05) is 7.05 Å². The van der Waals surface area contributed by atoms with Crippen LogP contribution in [0.3, 0.4) is 0 Å². The molecule has 1 aliphatic heterocycles. The molecule has 0 bridgehead atoms. The van der Waals surface area contributed by atoms with Crippen LogP contribution in [0, 0.1) is 6.92 Å². The number of halogens is 3. The van der Waals surface area contributed by atoms with Gasteiger partial charge in [0.05, 0.1) is 5.69 Å². The number of rotatable bonds is 1. The molecular weight excluding hydrogens is 315 g/mol. The summed E-state index contributed by atoms with van der Waals surface area (Å²) in [4.78, 5) is 19.5. The number of carbonyl (C=O) groups is 1. The van der Waals surface area contributed by atoms with Crippen LogP contribution in [0.5, 0.6) is 0 Å². The second kappa shape index (κ2) is 5.41. The van der Waals surface area contributed by atoms with Crippen LogP contribution in [0.25, 0.3) is 5.78 Å². The molecule has 0 spiro atoms. The summed E-state index contributed by atoms with van der Waals surface area (Å²) >= 11 is 0. The Bertz CT molecular complexity index is 749. The van der Waals surface area contributed by atoms with Crippen molar-refractivity contribution >= 4 is 11.7 Å². The van der Waals surface area contributed by atoms with Crippen molar-refractivity contribution in [2.75, 3.05) is 33.2 Å². The first kappa shape index (κ1) is 15.6. The van der Waals surface area contributed by atoms with E-state index in [2.05, 4.69) is 25.2 Å². The van der Waals surface area contributed by atoms with Crippen molar-refractivity contribution in [2.45, 2.75) is 13.1 Å². The van der Waals surface area contributed by atoms with Crippen LogP contribution in [0.1, 0.15) is 22.0 Å². The van der Waals surface area contributed by atoms with Gasteiger partial charge in [0.2, 0.25) is 0 Å². The topological polar surface area (TPSA) is 79.5 Å². The average Bonchev–Trinajstić information content (AvgIpc) is 2.93. The van der Waals surface area contributed by atoms with E-state index in [9.17, 15) is 18.0 Å². The Kier molecular flexibility index (Phi) is 3.66. The molecule has 8 nitrogen and oxygen atoms in total. The summed E-state index contributed by atoms with van der Waals surface area (Å²) in [5.41, 5.74) is 0.169. The highest BCUT2D eigenvalue weighted by Crippen LogP contribution is 2.26. The predicted octanol–water partition coefficient (Wildman–Crippen LogP) is 0.234. The number of fused-ring (bicyclic) bond motifs is 1. The molecule has 23 heavy (non-hydrogen) atoms. The monoisotopic (exact) mass is 329 g/mol. The molecule has 0 atom stereocenters. The number of likely N-dealkylation sites (N-methyl/N-ethyl adjacent to an activating group) is 1. The third-order valence-electron chi connectivity index (χ3n) is 3.74. The molecule has 2 aromatic rings. The molecule has 11 heteroatoms. The Labute approximate surface area is 128 Å². The maximum atomic E-state index is 12.7. The van der Waals surface area contributed by atoms with Crippen molar-refractivity contribution in [3.63, 3.8) is 0 Å². The summed E-state index contributed by atoms with van der Waals surface area (Å²) in [5.74, 6) is -1.96. The largest absolute Gasteiger partial charge is 0.453 e. The van der Waals surface area contributed by atoms with Crippen LogP contribution in [-0.2, 0) is 6.18 Å². The van der Waals surface area contributed by atoms with E-state index >= 15 is 0 Å². The molecule has 1 amide bonds. The molecule has 1 fully saturated rings. The first-order chi connectivity index (χ1) is 10.8. The van der Waals surface area contributed by atoms with Crippen LogP contribution in [0.15, 0.2) is 0 Å². The van der Waals surface area contributed by atoms with Gasteiger partial charge in [-0.05, 0) is 14.0 Å². The molecule has 0 saturated carbocycles. The van der Waals surface area contributed by atoms with Crippen LogP contribution in [0.4, 0.5) is 13.2 Å². The lowest BCUT2D eigenvalue weighted by Crippen LogP contribution is -2.47. The lowest BCUT2D eigenvalue weighted by molar-refractivity contribution is -0.144. The van der Waals surface area contributed by atoms with E-state index in [1.54, 1.807) is 4.90 Å². The zero-order valence-electron chi connectivity index (χ0n) is 12.5. The number of hydrogen-bond donors (Lipinski definition) is 0. The van der Waals surface area contributed by atoms with Gasteiger partial charge < -0.3 is 9.80 Å². The molecule has 124 valence electrons. The lowest BCUT2D eigenvalue weighted by atomic mass is 10.2. The molecule has 1 aliphatic rings. The Morgan fingerprint density at radius 1 is 1.13 bits per heavy atom. The molecule has 0 N–H and O–H groups in total. The van der Waals surface area contributed by atoms with Gasteiger partial charge in [-0.25, -0.2) is 0 Å². The maximum absolute atomic E-state index is 12.7. The first-order valence-electron chi connectivity index (χ1n) is 6.92. The molecule has 1 saturated heterocycles. The van der Waals surface area contributed by atoms with Crippen LogP contribution in [-0.4, -0.2) is 73.7 Å². The highest BCUT2D eigenvalue weighted by atomic mass is 19.4. The minimum absolute atomic E-state index is 0.0133. The molecule has 3 rings (SSSR count).